The lowest BCUT2D eigenvalue weighted by atomic mass is 9.88. The van der Waals surface area contributed by atoms with Gasteiger partial charge in [0.15, 0.2) is 0 Å². The molecule has 19 heavy (non-hydrogen) atoms. The third kappa shape index (κ3) is 3.13. The summed E-state index contributed by atoms with van der Waals surface area (Å²) < 4.78 is 0. The van der Waals surface area contributed by atoms with Crippen LogP contribution in [0.25, 0.3) is 0 Å². The van der Waals surface area contributed by atoms with Crippen molar-refractivity contribution < 1.29 is 15.0 Å². The summed E-state index contributed by atoms with van der Waals surface area (Å²) in [6.07, 6.45) is 4.31. The van der Waals surface area contributed by atoms with E-state index in [1.807, 2.05) is 0 Å². The molecule has 1 fully saturated rings. The Kier molecular flexibility index (Phi) is 4.20. The summed E-state index contributed by atoms with van der Waals surface area (Å²) in [6, 6.07) is 3.90. The zero-order valence-corrected chi connectivity index (χ0v) is 11.4. The van der Waals surface area contributed by atoms with Crippen molar-refractivity contribution in [3.05, 3.63) is 23.8 Å². The van der Waals surface area contributed by atoms with Gasteiger partial charge in [-0.1, -0.05) is 12.8 Å². The number of benzene rings is 1. The van der Waals surface area contributed by atoms with Crippen molar-refractivity contribution in [2.75, 3.05) is 12.4 Å². The Morgan fingerprint density at radius 2 is 2.00 bits per heavy atom. The van der Waals surface area contributed by atoms with Crippen LogP contribution < -0.4 is 5.32 Å². The summed E-state index contributed by atoms with van der Waals surface area (Å²) in [6.45, 7) is 0.504. The first-order valence-electron chi connectivity index (χ1n) is 6.42. The largest absolute Gasteiger partial charge is 0.508 e. The van der Waals surface area contributed by atoms with Gasteiger partial charge >= 0.3 is 0 Å². The van der Waals surface area contributed by atoms with Gasteiger partial charge in [0.05, 0.1) is 5.56 Å². The van der Waals surface area contributed by atoms with Crippen molar-refractivity contribution in [3.63, 3.8) is 0 Å². The van der Waals surface area contributed by atoms with Crippen LogP contribution in [0.15, 0.2) is 18.2 Å². The van der Waals surface area contributed by atoms with Crippen molar-refractivity contribution >= 4 is 17.5 Å². The molecule has 0 unspecified atom stereocenters. The summed E-state index contributed by atoms with van der Waals surface area (Å²) >= 11 is 6.01. The second kappa shape index (κ2) is 5.70. The highest BCUT2D eigenvalue weighted by molar-refractivity contribution is 6.18. The molecule has 0 heterocycles. The van der Waals surface area contributed by atoms with Crippen molar-refractivity contribution in [2.45, 2.75) is 25.7 Å². The molecule has 0 bridgehead atoms. The summed E-state index contributed by atoms with van der Waals surface area (Å²) in [5.74, 6) is -0.0402. The van der Waals surface area contributed by atoms with Crippen molar-refractivity contribution in [1.82, 2.24) is 5.32 Å². The minimum atomic E-state index is -0.384. The minimum Gasteiger partial charge on any atom is -0.508 e. The third-order valence-corrected chi connectivity index (χ3v) is 4.36. The lowest BCUT2D eigenvalue weighted by Gasteiger charge is -2.26. The quantitative estimate of drug-likeness (QED) is 0.588. The molecule has 5 heteroatoms. The maximum absolute atomic E-state index is 12.0. The van der Waals surface area contributed by atoms with Crippen LogP contribution in [0.5, 0.6) is 11.5 Å². The number of halogens is 1. The molecule has 1 aliphatic rings. The molecule has 0 atom stereocenters. The Labute approximate surface area is 117 Å². The highest BCUT2D eigenvalue weighted by Crippen LogP contribution is 2.38. The Balaban J connectivity index is 2.03. The first-order chi connectivity index (χ1) is 9.06. The molecular weight excluding hydrogens is 266 g/mol. The molecule has 1 aromatic carbocycles. The number of phenols is 2. The molecule has 3 N–H and O–H groups in total. The van der Waals surface area contributed by atoms with Crippen LogP contribution in [-0.4, -0.2) is 28.5 Å². The van der Waals surface area contributed by atoms with E-state index in [4.69, 9.17) is 11.6 Å². The Hall–Kier alpha value is -1.42. The van der Waals surface area contributed by atoms with Crippen LogP contribution in [0.1, 0.15) is 36.0 Å². The van der Waals surface area contributed by atoms with E-state index in [0.29, 0.717) is 12.4 Å². The second-order valence-corrected chi connectivity index (χ2v) is 5.49. The van der Waals surface area contributed by atoms with Crippen LogP contribution in [0.2, 0.25) is 0 Å². The van der Waals surface area contributed by atoms with Gasteiger partial charge in [-0.3, -0.25) is 4.79 Å². The smallest absolute Gasteiger partial charge is 0.255 e. The van der Waals surface area contributed by atoms with Gasteiger partial charge in [0, 0.05) is 17.8 Å². The highest BCUT2D eigenvalue weighted by Gasteiger charge is 2.33. The molecule has 0 saturated heterocycles. The number of carbonyl (C=O) groups is 1. The predicted molar refractivity (Wildman–Crippen MR) is 73.7 cm³/mol. The van der Waals surface area contributed by atoms with Crippen LogP contribution in [0.3, 0.4) is 0 Å². The van der Waals surface area contributed by atoms with Gasteiger partial charge in [-0.25, -0.2) is 0 Å². The number of amides is 1. The van der Waals surface area contributed by atoms with Crippen molar-refractivity contribution in [3.8, 4) is 11.5 Å². The molecule has 1 saturated carbocycles. The Morgan fingerprint density at radius 3 is 2.63 bits per heavy atom. The van der Waals surface area contributed by atoms with Gasteiger partial charge in [0.1, 0.15) is 11.5 Å². The van der Waals surface area contributed by atoms with E-state index in [9.17, 15) is 15.0 Å². The standard InChI is InChI=1S/C14H18ClNO3/c15-8-14(5-1-2-6-14)9-16-13(19)11-7-10(17)3-4-12(11)18/h3-4,7,17-18H,1-2,5-6,8-9H2,(H,16,19). The van der Waals surface area contributed by atoms with Crippen molar-refractivity contribution in [2.24, 2.45) is 5.41 Å². The Morgan fingerprint density at radius 1 is 1.32 bits per heavy atom. The average Bonchev–Trinajstić information content (AvgIpc) is 2.88. The molecule has 0 aromatic heterocycles. The molecular formula is C14H18ClNO3. The fourth-order valence-electron chi connectivity index (χ4n) is 2.55. The number of nitrogens with one attached hydrogen (secondary N) is 1. The van der Waals surface area contributed by atoms with Crippen LogP contribution >= 0.6 is 11.6 Å². The van der Waals surface area contributed by atoms with E-state index in [0.717, 1.165) is 25.7 Å². The number of alkyl halides is 1. The van der Waals surface area contributed by atoms with E-state index < -0.39 is 0 Å². The number of carbonyl (C=O) groups excluding carboxylic acids is 1. The number of hydrogen-bond acceptors (Lipinski definition) is 3. The molecule has 2 rings (SSSR count). The van der Waals surface area contributed by atoms with Crippen LogP contribution in [0, 0.1) is 5.41 Å². The normalized spacial score (nSPS) is 17.3. The lowest BCUT2D eigenvalue weighted by molar-refractivity contribution is 0.0932. The first kappa shape index (κ1) is 14.0. The molecule has 1 aromatic rings. The predicted octanol–water partition coefficient (Wildman–Crippen LogP) is 2.63. The van der Waals surface area contributed by atoms with Gasteiger partial charge in [-0.05, 0) is 31.0 Å². The average molecular weight is 284 g/mol. The van der Waals surface area contributed by atoms with Gasteiger partial charge in [-0.2, -0.15) is 0 Å². The number of aromatic hydroxyl groups is 2. The zero-order valence-electron chi connectivity index (χ0n) is 10.7. The van der Waals surface area contributed by atoms with Gasteiger partial charge < -0.3 is 15.5 Å². The lowest BCUT2D eigenvalue weighted by Crippen LogP contribution is -2.37. The summed E-state index contributed by atoms with van der Waals surface area (Å²) in [5, 5.41) is 21.8. The highest BCUT2D eigenvalue weighted by atomic mass is 35.5. The number of phenolic OH excluding ortho intramolecular Hbond substituents is 2. The summed E-state index contributed by atoms with van der Waals surface area (Å²) in [7, 11) is 0. The van der Waals surface area contributed by atoms with Crippen molar-refractivity contribution in [1.29, 1.82) is 0 Å². The third-order valence-electron chi connectivity index (χ3n) is 3.80. The van der Waals surface area contributed by atoms with Gasteiger partial charge in [0.25, 0.3) is 5.91 Å². The van der Waals surface area contributed by atoms with E-state index in [2.05, 4.69) is 5.32 Å². The van der Waals surface area contributed by atoms with Gasteiger partial charge in [-0.15, -0.1) is 11.6 Å². The molecule has 0 radical (unpaired) electrons. The molecule has 1 aliphatic carbocycles. The number of hydrogen-bond donors (Lipinski definition) is 3. The fourth-order valence-corrected chi connectivity index (χ4v) is 2.91. The molecule has 1 amide bonds. The minimum absolute atomic E-state index is 0.0241. The fraction of sp³-hybridized carbons (Fsp3) is 0.500. The molecule has 4 nitrogen and oxygen atoms in total. The van der Waals surface area contributed by atoms with Gasteiger partial charge in [0.2, 0.25) is 0 Å². The molecule has 104 valence electrons. The summed E-state index contributed by atoms with van der Waals surface area (Å²) in [4.78, 5) is 12.0. The topological polar surface area (TPSA) is 69.6 Å². The van der Waals surface area contributed by atoms with E-state index in [1.54, 1.807) is 0 Å². The zero-order chi connectivity index (χ0) is 13.9. The summed E-state index contributed by atoms with van der Waals surface area (Å²) in [5.41, 5.74) is 0.0617. The monoisotopic (exact) mass is 283 g/mol. The first-order valence-corrected chi connectivity index (χ1v) is 6.96. The molecule has 0 spiro atoms. The van der Waals surface area contributed by atoms with Crippen LogP contribution in [0.4, 0.5) is 0 Å². The SMILES string of the molecule is O=C(NCC1(CCl)CCCC1)c1cc(O)ccc1O. The van der Waals surface area contributed by atoms with E-state index in [1.165, 1.54) is 18.2 Å². The van der Waals surface area contributed by atoms with E-state index >= 15 is 0 Å². The molecule has 0 aliphatic heterocycles. The van der Waals surface area contributed by atoms with E-state index in [-0.39, 0.29) is 28.4 Å². The Bertz CT molecular complexity index is 470. The second-order valence-electron chi connectivity index (χ2n) is 5.22. The van der Waals surface area contributed by atoms with Crippen LogP contribution in [-0.2, 0) is 0 Å². The number of rotatable bonds is 4. The maximum Gasteiger partial charge on any atom is 0.255 e. The maximum atomic E-state index is 12.0.